The van der Waals surface area contributed by atoms with Gasteiger partial charge in [-0.2, -0.15) is 0 Å². The second-order valence-corrected chi connectivity index (χ2v) is 6.58. The fraction of sp³-hybridized carbons (Fsp3) is 0.125. The topological polar surface area (TPSA) is 93.7 Å². The number of hydrogen-bond donors (Lipinski definition) is 2. The van der Waals surface area contributed by atoms with E-state index in [0.29, 0.717) is 29.2 Å². The van der Waals surface area contributed by atoms with Crippen LogP contribution >= 0.6 is 0 Å². The van der Waals surface area contributed by atoms with Crippen molar-refractivity contribution in [1.82, 2.24) is 5.32 Å². The molecular formula is C24H22N2O5. The Labute approximate surface area is 180 Å². The van der Waals surface area contributed by atoms with Crippen molar-refractivity contribution >= 4 is 23.5 Å². The highest BCUT2D eigenvalue weighted by molar-refractivity contribution is 5.97. The van der Waals surface area contributed by atoms with E-state index in [9.17, 15) is 14.4 Å². The zero-order chi connectivity index (χ0) is 22.1. The monoisotopic (exact) mass is 418 g/mol. The lowest BCUT2D eigenvalue weighted by Gasteiger charge is -2.09. The van der Waals surface area contributed by atoms with Gasteiger partial charge in [0, 0.05) is 18.3 Å². The molecule has 0 saturated heterocycles. The second-order valence-electron chi connectivity index (χ2n) is 6.58. The molecule has 2 amide bonds. The van der Waals surface area contributed by atoms with Gasteiger partial charge in [-0.1, -0.05) is 30.3 Å². The summed E-state index contributed by atoms with van der Waals surface area (Å²) in [7, 11) is 1.54. The lowest BCUT2D eigenvalue weighted by atomic mass is 10.2. The Morgan fingerprint density at radius 1 is 0.806 bits per heavy atom. The van der Waals surface area contributed by atoms with Crippen LogP contribution in [0.5, 0.6) is 5.75 Å². The van der Waals surface area contributed by atoms with Crippen LogP contribution in [0.15, 0.2) is 78.9 Å². The number of anilines is 1. The van der Waals surface area contributed by atoms with Gasteiger partial charge in [0.2, 0.25) is 0 Å². The fourth-order valence-corrected chi connectivity index (χ4v) is 2.69. The van der Waals surface area contributed by atoms with Gasteiger partial charge in [0.05, 0.1) is 5.56 Å². The molecule has 3 rings (SSSR count). The van der Waals surface area contributed by atoms with Crippen LogP contribution in [0.2, 0.25) is 0 Å². The van der Waals surface area contributed by atoms with Gasteiger partial charge >= 0.3 is 5.97 Å². The third-order valence-corrected chi connectivity index (χ3v) is 4.33. The molecule has 0 aliphatic carbocycles. The first-order chi connectivity index (χ1) is 15.0. The van der Waals surface area contributed by atoms with Crippen LogP contribution in [0.25, 0.3) is 0 Å². The smallest absolute Gasteiger partial charge is 0.338 e. The lowest BCUT2D eigenvalue weighted by molar-refractivity contribution is -0.119. The molecular weight excluding hydrogens is 396 g/mol. The predicted molar refractivity (Wildman–Crippen MR) is 116 cm³/mol. The van der Waals surface area contributed by atoms with E-state index in [1.165, 1.54) is 7.05 Å². The molecule has 0 heterocycles. The van der Waals surface area contributed by atoms with E-state index < -0.39 is 18.5 Å². The first-order valence-electron chi connectivity index (χ1n) is 9.61. The second kappa shape index (κ2) is 10.6. The van der Waals surface area contributed by atoms with Gasteiger partial charge < -0.3 is 20.1 Å². The van der Waals surface area contributed by atoms with Crippen LogP contribution in [0, 0.1) is 0 Å². The molecule has 0 bridgehead atoms. The summed E-state index contributed by atoms with van der Waals surface area (Å²) >= 11 is 0. The number of carbonyl (C=O) groups is 3. The number of esters is 1. The summed E-state index contributed by atoms with van der Waals surface area (Å²) < 4.78 is 10.7. The lowest BCUT2D eigenvalue weighted by Crippen LogP contribution is -2.21. The number of hydrogen-bond acceptors (Lipinski definition) is 5. The van der Waals surface area contributed by atoms with Gasteiger partial charge in [0.1, 0.15) is 12.4 Å². The summed E-state index contributed by atoms with van der Waals surface area (Å²) in [6, 6.07) is 22.6. The molecule has 0 fully saturated rings. The number of rotatable bonds is 8. The molecule has 0 spiro atoms. The largest absolute Gasteiger partial charge is 0.489 e. The molecule has 0 saturated carbocycles. The van der Waals surface area contributed by atoms with E-state index in [1.807, 2.05) is 30.3 Å². The van der Waals surface area contributed by atoms with E-state index >= 15 is 0 Å². The van der Waals surface area contributed by atoms with Crippen LogP contribution in [0.3, 0.4) is 0 Å². The molecule has 0 unspecified atom stereocenters. The number of carbonyl (C=O) groups excluding carboxylic acids is 3. The summed E-state index contributed by atoms with van der Waals surface area (Å²) in [4.78, 5) is 35.7. The molecule has 2 N–H and O–H groups in total. The Balaban J connectivity index is 1.45. The number of ether oxygens (including phenoxy) is 2. The third-order valence-electron chi connectivity index (χ3n) is 4.33. The zero-order valence-corrected chi connectivity index (χ0v) is 17.0. The molecule has 0 radical (unpaired) electrons. The summed E-state index contributed by atoms with van der Waals surface area (Å²) in [5.74, 6) is -0.690. The minimum absolute atomic E-state index is 0.219. The summed E-state index contributed by atoms with van der Waals surface area (Å²) in [5.41, 5.74) is 2.33. The van der Waals surface area contributed by atoms with E-state index in [2.05, 4.69) is 10.6 Å². The molecule has 0 aromatic heterocycles. The van der Waals surface area contributed by atoms with Gasteiger partial charge in [-0.25, -0.2) is 4.79 Å². The van der Waals surface area contributed by atoms with Crippen molar-refractivity contribution in [3.05, 3.63) is 95.6 Å². The van der Waals surface area contributed by atoms with E-state index in [1.54, 1.807) is 48.5 Å². The normalized spacial score (nSPS) is 10.1. The predicted octanol–water partition coefficient (Wildman–Crippen LogP) is 3.42. The molecule has 0 atom stereocenters. The maximum Gasteiger partial charge on any atom is 0.338 e. The highest BCUT2D eigenvalue weighted by Gasteiger charge is 2.11. The Hall–Kier alpha value is -4.13. The molecule has 31 heavy (non-hydrogen) atoms. The van der Waals surface area contributed by atoms with Gasteiger partial charge in [0.15, 0.2) is 6.61 Å². The quantitative estimate of drug-likeness (QED) is 0.547. The van der Waals surface area contributed by atoms with Gasteiger partial charge in [0.25, 0.3) is 11.8 Å². The highest BCUT2D eigenvalue weighted by atomic mass is 16.5. The fourth-order valence-electron chi connectivity index (χ4n) is 2.69. The van der Waals surface area contributed by atoms with Crippen molar-refractivity contribution in [3.8, 4) is 5.75 Å². The minimum atomic E-state index is -0.611. The van der Waals surface area contributed by atoms with Crippen LogP contribution in [0.1, 0.15) is 26.3 Å². The van der Waals surface area contributed by atoms with E-state index in [4.69, 9.17) is 9.47 Å². The van der Waals surface area contributed by atoms with Crippen molar-refractivity contribution < 1.29 is 23.9 Å². The Morgan fingerprint density at radius 3 is 2.10 bits per heavy atom. The molecule has 0 aliphatic heterocycles. The van der Waals surface area contributed by atoms with E-state index in [-0.39, 0.29) is 5.91 Å². The number of nitrogens with one attached hydrogen (secondary N) is 2. The summed E-state index contributed by atoms with van der Waals surface area (Å²) in [6.07, 6.45) is 0. The van der Waals surface area contributed by atoms with Crippen molar-refractivity contribution in [3.63, 3.8) is 0 Å². The van der Waals surface area contributed by atoms with Crippen molar-refractivity contribution in [2.75, 3.05) is 19.0 Å². The maximum atomic E-state index is 12.2. The SMILES string of the molecule is CNC(=O)c1ccc(NC(=O)COC(=O)c2ccc(OCc3ccccc3)cc2)cc1. The highest BCUT2D eigenvalue weighted by Crippen LogP contribution is 2.15. The molecule has 3 aromatic carbocycles. The molecule has 7 nitrogen and oxygen atoms in total. The first-order valence-corrected chi connectivity index (χ1v) is 9.61. The Morgan fingerprint density at radius 2 is 1.45 bits per heavy atom. The van der Waals surface area contributed by atoms with Gasteiger partial charge in [-0.15, -0.1) is 0 Å². The van der Waals surface area contributed by atoms with E-state index in [0.717, 1.165) is 5.56 Å². The summed E-state index contributed by atoms with van der Waals surface area (Å²) in [6.45, 7) is -0.00279. The van der Waals surface area contributed by atoms with Crippen molar-refractivity contribution in [2.45, 2.75) is 6.61 Å². The average molecular weight is 418 g/mol. The zero-order valence-electron chi connectivity index (χ0n) is 17.0. The Kier molecular flexibility index (Phi) is 7.37. The maximum absolute atomic E-state index is 12.2. The molecule has 158 valence electrons. The van der Waals surface area contributed by atoms with Crippen LogP contribution in [-0.4, -0.2) is 31.4 Å². The first kappa shape index (κ1) is 21.6. The molecule has 3 aromatic rings. The molecule has 0 aliphatic rings. The number of amides is 2. The third kappa shape index (κ3) is 6.43. The van der Waals surface area contributed by atoms with Crippen molar-refractivity contribution in [1.29, 1.82) is 0 Å². The van der Waals surface area contributed by atoms with Crippen LogP contribution in [-0.2, 0) is 16.1 Å². The van der Waals surface area contributed by atoms with Gasteiger partial charge in [-0.3, -0.25) is 9.59 Å². The van der Waals surface area contributed by atoms with Gasteiger partial charge in [-0.05, 0) is 54.1 Å². The Bertz CT molecular complexity index is 1030. The van der Waals surface area contributed by atoms with Crippen molar-refractivity contribution in [2.24, 2.45) is 0 Å². The minimum Gasteiger partial charge on any atom is -0.489 e. The van der Waals surface area contributed by atoms with Crippen LogP contribution in [0.4, 0.5) is 5.69 Å². The standard InChI is InChI=1S/C24H22N2O5/c1-25-23(28)18-7-11-20(12-8-18)26-22(27)16-31-24(29)19-9-13-21(14-10-19)30-15-17-5-3-2-4-6-17/h2-14H,15-16H2,1H3,(H,25,28)(H,26,27). The molecule has 7 heteroatoms. The average Bonchev–Trinajstić information content (AvgIpc) is 2.82. The summed E-state index contributed by atoms with van der Waals surface area (Å²) in [5, 5.41) is 5.12. The van der Waals surface area contributed by atoms with Crippen LogP contribution < -0.4 is 15.4 Å². The number of benzene rings is 3.